The van der Waals surface area contributed by atoms with Crippen LogP contribution in [0.1, 0.15) is 84.1 Å². The normalized spacial score (nSPS) is 31.6. The molecule has 176 valence electrons. The Morgan fingerprint density at radius 1 is 1.31 bits per heavy atom. The fourth-order valence-electron chi connectivity index (χ4n) is 6.42. The van der Waals surface area contributed by atoms with E-state index in [4.69, 9.17) is 8.60 Å². The van der Waals surface area contributed by atoms with Crippen LogP contribution < -0.4 is 29.6 Å². The Morgan fingerprint density at radius 3 is 2.72 bits per heavy atom. The van der Waals surface area contributed by atoms with E-state index < -0.39 is 10.4 Å². The van der Waals surface area contributed by atoms with Gasteiger partial charge in [0.15, 0.2) is 0 Å². The quantitative estimate of drug-likeness (QED) is 0.225. The molecule has 0 spiro atoms. The number of allylic oxidation sites excluding steroid dienone is 1. The summed E-state index contributed by atoms with van der Waals surface area (Å²) in [5, 5.41) is 0. The van der Waals surface area contributed by atoms with Crippen LogP contribution in [0, 0.1) is 28.6 Å². The van der Waals surface area contributed by atoms with Crippen molar-refractivity contribution in [3.63, 3.8) is 0 Å². The number of furan rings is 1. The molecule has 3 rings (SSSR count). The predicted octanol–water partition coefficient (Wildman–Crippen LogP) is 3.28. The molecule has 2 aliphatic rings. The van der Waals surface area contributed by atoms with Gasteiger partial charge in [-0.1, -0.05) is 32.9 Å². The summed E-state index contributed by atoms with van der Waals surface area (Å²) in [6.45, 7) is 11.7. The Morgan fingerprint density at radius 2 is 2.06 bits per heavy atom. The van der Waals surface area contributed by atoms with E-state index in [-0.39, 0.29) is 52.9 Å². The first-order valence-electron chi connectivity index (χ1n) is 11.8. The first-order valence-corrected chi connectivity index (χ1v) is 13.2. The van der Waals surface area contributed by atoms with Crippen LogP contribution in [0.2, 0.25) is 0 Å². The molecule has 7 heteroatoms. The minimum atomic E-state index is -4.67. The Kier molecular flexibility index (Phi) is 10.1. The molecule has 5 nitrogen and oxygen atoms in total. The fourth-order valence-corrected chi connectivity index (χ4v) is 6.78. The summed E-state index contributed by atoms with van der Waals surface area (Å²) >= 11 is 0. The zero-order valence-corrected chi connectivity index (χ0v) is 23.2. The second-order valence-corrected chi connectivity index (χ2v) is 11.6. The maximum atomic E-state index is 11.1. The van der Waals surface area contributed by atoms with Gasteiger partial charge in [-0.25, -0.2) is 8.42 Å². The topological polar surface area (TPSA) is 79.6 Å². The molecule has 0 amide bonds. The molecule has 0 N–H and O–H groups in total. The second-order valence-electron chi connectivity index (χ2n) is 10.5. The van der Waals surface area contributed by atoms with Crippen LogP contribution >= 0.6 is 0 Å². The third kappa shape index (κ3) is 6.73. The van der Waals surface area contributed by atoms with Crippen LogP contribution in [0.3, 0.4) is 0 Å². The first kappa shape index (κ1) is 28.1. The van der Waals surface area contributed by atoms with E-state index in [1.807, 2.05) is 6.07 Å². The summed E-state index contributed by atoms with van der Waals surface area (Å²) < 4.78 is 43.1. The van der Waals surface area contributed by atoms with Crippen LogP contribution in [-0.4, -0.2) is 19.6 Å². The van der Waals surface area contributed by atoms with Crippen molar-refractivity contribution >= 4 is 10.4 Å². The third-order valence-electron chi connectivity index (χ3n) is 8.76. The fraction of sp³-hybridized carbons (Fsp3) is 0.760. The number of rotatable bonds is 10. The maximum absolute atomic E-state index is 11.1. The van der Waals surface area contributed by atoms with E-state index in [0.717, 1.165) is 44.1 Å². The Hall–Kier alpha value is -0.110. The number of hydrogen-bond donors (Lipinski definition) is 0. The van der Waals surface area contributed by atoms with E-state index in [1.54, 1.807) is 12.5 Å². The van der Waals surface area contributed by atoms with Crippen molar-refractivity contribution in [3.05, 3.63) is 36.3 Å². The molecular formula is C25H39NaO5S. The number of fused-ring (bicyclic) bond motifs is 1. The number of aryl methyl sites for hydroxylation is 1. The van der Waals surface area contributed by atoms with Crippen LogP contribution in [0.4, 0.5) is 0 Å². The molecule has 2 saturated carbocycles. The summed E-state index contributed by atoms with van der Waals surface area (Å²) in [5.74, 6) is 1.28. The minimum Gasteiger partial charge on any atom is -0.726 e. The summed E-state index contributed by atoms with van der Waals surface area (Å²) in [6.07, 6.45) is 14.0. The number of hydrogen-bond acceptors (Lipinski definition) is 5. The Labute approximate surface area is 217 Å². The van der Waals surface area contributed by atoms with Crippen molar-refractivity contribution in [3.8, 4) is 0 Å². The van der Waals surface area contributed by atoms with Crippen molar-refractivity contribution < 1.29 is 51.1 Å². The van der Waals surface area contributed by atoms with Crippen LogP contribution in [-0.2, 0) is 21.0 Å². The molecular weight excluding hydrogens is 435 g/mol. The van der Waals surface area contributed by atoms with Crippen LogP contribution in [0.5, 0.6) is 0 Å². The Balaban J connectivity index is 0.00000363. The minimum absolute atomic E-state index is 0. The van der Waals surface area contributed by atoms with Crippen LogP contribution in [0.15, 0.2) is 35.2 Å². The monoisotopic (exact) mass is 474 g/mol. The predicted molar refractivity (Wildman–Crippen MR) is 121 cm³/mol. The molecule has 2 unspecified atom stereocenters. The second kappa shape index (κ2) is 11.5. The van der Waals surface area contributed by atoms with Gasteiger partial charge >= 0.3 is 29.6 Å². The van der Waals surface area contributed by atoms with Gasteiger partial charge in [-0.15, -0.1) is 0 Å². The van der Waals surface area contributed by atoms with Crippen molar-refractivity contribution in [2.24, 2.45) is 28.6 Å². The molecule has 5 atom stereocenters. The molecule has 0 bridgehead atoms. The molecule has 2 aliphatic carbocycles. The van der Waals surface area contributed by atoms with Gasteiger partial charge in [-0.05, 0) is 104 Å². The van der Waals surface area contributed by atoms with Gasteiger partial charge in [0.2, 0.25) is 10.4 Å². The summed E-state index contributed by atoms with van der Waals surface area (Å²) in [7, 11) is -4.67. The van der Waals surface area contributed by atoms with Crippen molar-refractivity contribution in [1.82, 2.24) is 0 Å². The molecule has 0 saturated heterocycles. The molecule has 32 heavy (non-hydrogen) atoms. The van der Waals surface area contributed by atoms with Gasteiger partial charge in [0, 0.05) is 0 Å². The third-order valence-corrected chi connectivity index (χ3v) is 9.19. The molecule has 0 aromatic carbocycles. The van der Waals surface area contributed by atoms with Gasteiger partial charge < -0.3 is 8.97 Å². The van der Waals surface area contributed by atoms with Gasteiger partial charge in [-0.3, -0.25) is 4.18 Å². The molecule has 0 aliphatic heterocycles. The zero-order valence-electron chi connectivity index (χ0n) is 20.4. The summed E-state index contributed by atoms with van der Waals surface area (Å²) in [4.78, 5) is 0. The largest absolute Gasteiger partial charge is 1.00 e. The molecule has 1 heterocycles. The van der Waals surface area contributed by atoms with E-state index >= 15 is 0 Å². The van der Waals surface area contributed by atoms with E-state index in [1.165, 1.54) is 31.3 Å². The maximum Gasteiger partial charge on any atom is 1.00 e. The van der Waals surface area contributed by atoms with Crippen molar-refractivity contribution in [2.75, 3.05) is 6.61 Å². The van der Waals surface area contributed by atoms with Crippen LogP contribution in [0.25, 0.3) is 0 Å². The molecule has 0 radical (unpaired) electrons. The zero-order chi connectivity index (χ0) is 22.7. The average Bonchev–Trinajstić information content (AvgIpc) is 3.21. The molecule has 1 aromatic rings. The summed E-state index contributed by atoms with van der Waals surface area (Å²) in [5.41, 5.74) is 2.96. The molecule has 1 aromatic heterocycles. The van der Waals surface area contributed by atoms with Gasteiger partial charge in [0.05, 0.1) is 19.1 Å². The standard InChI is InChI=1S/C25H40O5S.Na/c1-19-7-5-10-23-24(19,3)14-11-20(2)25(23,4)15-12-21(18-30-31(26,27)28)8-6-9-22-13-16-29-17-22;/h13,16-17,20-21,23H,1,5-12,14-15,18H2,2-4H3,(H,26,27,28);/q;+1/p-1/t20-,21?,23+,24+,25?;/m1./s1. The van der Waals surface area contributed by atoms with E-state index in [2.05, 4.69) is 27.4 Å². The van der Waals surface area contributed by atoms with Gasteiger partial charge in [-0.2, -0.15) is 0 Å². The first-order chi connectivity index (χ1) is 14.5. The Bertz CT molecular complexity index is 837. The van der Waals surface area contributed by atoms with Gasteiger partial charge in [0.25, 0.3) is 0 Å². The van der Waals surface area contributed by atoms with E-state index in [9.17, 15) is 13.0 Å². The van der Waals surface area contributed by atoms with Gasteiger partial charge in [0.1, 0.15) is 0 Å². The smallest absolute Gasteiger partial charge is 0.726 e. The molecule has 2 fully saturated rings. The van der Waals surface area contributed by atoms with E-state index in [0.29, 0.717) is 11.8 Å². The SMILES string of the molecule is C=C1CCC[C@@H]2C(C)(CCC(CCCc3ccoc3)COS(=O)(=O)[O-])[C@H](C)CC[C@@]12C.[Na+]. The average molecular weight is 475 g/mol. The summed E-state index contributed by atoms with van der Waals surface area (Å²) in [6, 6.07) is 1.95. The van der Waals surface area contributed by atoms with Crippen molar-refractivity contribution in [1.29, 1.82) is 0 Å². The van der Waals surface area contributed by atoms with Crippen molar-refractivity contribution in [2.45, 2.75) is 85.0 Å².